The maximum Gasteiger partial charge on any atom is 0.257 e. The fraction of sp³-hybridized carbons (Fsp3) is 0.571. The van der Waals surface area contributed by atoms with Crippen molar-refractivity contribution >= 4 is 17.7 Å². The van der Waals surface area contributed by atoms with Gasteiger partial charge in [-0.1, -0.05) is 0 Å². The number of carbonyl (C=O) groups is 3. The lowest BCUT2D eigenvalue weighted by molar-refractivity contribution is -0.132. The summed E-state index contributed by atoms with van der Waals surface area (Å²) in [5.41, 5.74) is 0.586. The Labute approximate surface area is 172 Å². The highest BCUT2D eigenvalue weighted by Gasteiger charge is 2.24. The normalized spacial score (nSPS) is 14.4. The van der Waals surface area contributed by atoms with E-state index in [1.54, 1.807) is 24.3 Å². The van der Waals surface area contributed by atoms with E-state index in [9.17, 15) is 14.4 Å². The lowest BCUT2D eigenvalue weighted by Crippen LogP contribution is -2.51. The van der Waals surface area contributed by atoms with Crippen LogP contribution in [0.15, 0.2) is 24.3 Å². The third kappa shape index (κ3) is 6.74. The van der Waals surface area contributed by atoms with E-state index in [2.05, 4.69) is 10.2 Å². The van der Waals surface area contributed by atoms with Crippen molar-refractivity contribution in [3.05, 3.63) is 29.8 Å². The average molecular weight is 405 g/mol. The van der Waals surface area contributed by atoms with Gasteiger partial charge in [0.25, 0.3) is 11.8 Å². The predicted octanol–water partition coefficient (Wildman–Crippen LogP) is 0.828. The van der Waals surface area contributed by atoms with Gasteiger partial charge in [-0.15, -0.1) is 0 Å². The van der Waals surface area contributed by atoms with Crippen LogP contribution >= 0.6 is 0 Å². The summed E-state index contributed by atoms with van der Waals surface area (Å²) in [5.74, 6) is 0.477. The van der Waals surface area contributed by atoms with Crippen molar-refractivity contribution in [2.75, 3.05) is 59.0 Å². The summed E-state index contributed by atoms with van der Waals surface area (Å²) in [4.78, 5) is 42.1. The van der Waals surface area contributed by atoms with Gasteiger partial charge < -0.3 is 19.9 Å². The lowest BCUT2D eigenvalue weighted by atomic mass is 10.1. The first-order valence-electron chi connectivity index (χ1n) is 10.3. The number of ether oxygens (including phenoxy) is 1. The molecule has 0 aromatic heterocycles. The third-order valence-corrected chi connectivity index (χ3v) is 4.98. The SMILES string of the molecule is CCNC(=O)COc1ccc(C(=O)N2CCN(CC(=O)N(CC)CC)CC2)cc1. The van der Waals surface area contributed by atoms with Gasteiger partial charge in [-0.25, -0.2) is 0 Å². The molecule has 3 amide bonds. The van der Waals surface area contributed by atoms with E-state index in [4.69, 9.17) is 4.74 Å². The van der Waals surface area contributed by atoms with Crippen molar-refractivity contribution < 1.29 is 19.1 Å². The maximum absolute atomic E-state index is 12.7. The molecule has 29 heavy (non-hydrogen) atoms. The number of piperazine rings is 1. The molecule has 0 bridgehead atoms. The molecule has 0 spiro atoms. The van der Waals surface area contributed by atoms with Crippen LogP contribution in [-0.2, 0) is 9.59 Å². The van der Waals surface area contributed by atoms with E-state index in [1.165, 1.54) is 0 Å². The molecule has 1 fully saturated rings. The van der Waals surface area contributed by atoms with E-state index in [0.29, 0.717) is 50.6 Å². The van der Waals surface area contributed by atoms with Crippen LogP contribution in [0.5, 0.6) is 5.75 Å². The second-order valence-electron chi connectivity index (χ2n) is 6.90. The van der Waals surface area contributed by atoms with Crippen molar-refractivity contribution in [3.8, 4) is 5.75 Å². The van der Waals surface area contributed by atoms with Gasteiger partial charge in [0.1, 0.15) is 5.75 Å². The van der Waals surface area contributed by atoms with E-state index in [-0.39, 0.29) is 24.3 Å². The Balaban J connectivity index is 1.81. The molecule has 1 aliphatic rings. The number of nitrogens with zero attached hydrogens (tertiary/aromatic N) is 3. The molecule has 0 aliphatic carbocycles. The molecule has 0 saturated carbocycles. The summed E-state index contributed by atoms with van der Waals surface area (Å²) < 4.78 is 5.41. The molecule has 2 rings (SSSR count). The smallest absolute Gasteiger partial charge is 0.257 e. The second kappa shape index (κ2) is 11.4. The first-order valence-corrected chi connectivity index (χ1v) is 10.3. The van der Waals surface area contributed by atoms with Gasteiger partial charge in [-0.3, -0.25) is 19.3 Å². The number of nitrogens with one attached hydrogen (secondary N) is 1. The summed E-state index contributed by atoms with van der Waals surface area (Å²) in [5, 5.41) is 2.66. The highest BCUT2D eigenvalue weighted by Crippen LogP contribution is 2.15. The minimum Gasteiger partial charge on any atom is -0.484 e. The number of amides is 3. The topological polar surface area (TPSA) is 82.2 Å². The van der Waals surface area contributed by atoms with Gasteiger partial charge in [0.2, 0.25) is 5.91 Å². The van der Waals surface area contributed by atoms with Crippen LogP contribution in [0.4, 0.5) is 0 Å². The zero-order valence-electron chi connectivity index (χ0n) is 17.6. The van der Waals surface area contributed by atoms with Crippen LogP contribution in [0.25, 0.3) is 0 Å². The van der Waals surface area contributed by atoms with Gasteiger partial charge in [0, 0.05) is 51.4 Å². The zero-order chi connectivity index (χ0) is 21.2. The fourth-order valence-corrected chi connectivity index (χ4v) is 3.25. The summed E-state index contributed by atoms with van der Waals surface area (Å²) in [7, 11) is 0. The second-order valence-corrected chi connectivity index (χ2v) is 6.90. The third-order valence-electron chi connectivity index (χ3n) is 4.98. The zero-order valence-corrected chi connectivity index (χ0v) is 17.6. The Kier molecular flexibility index (Phi) is 8.92. The predicted molar refractivity (Wildman–Crippen MR) is 111 cm³/mol. The molecule has 1 N–H and O–H groups in total. The minimum atomic E-state index is -0.176. The molecule has 1 aliphatic heterocycles. The van der Waals surface area contributed by atoms with Crippen LogP contribution in [-0.4, -0.2) is 91.4 Å². The van der Waals surface area contributed by atoms with Gasteiger partial charge in [-0.05, 0) is 45.0 Å². The molecule has 8 nitrogen and oxygen atoms in total. The van der Waals surface area contributed by atoms with E-state index >= 15 is 0 Å². The van der Waals surface area contributed by atoms with Crippen molar-refractivity contribution in [1.82, 2.24) is 20.0 Å². The maximum atomic E-state index is 12.7. The Morgan fingerprint density at radius 1 is 1.00 bits per heavy atom. The quantitative estimate of drug-likeness (QED) is 0.659. The molecule has 8 heteroatoms. The highest BCUT2D eigenvalue weighted by atomic mass is 16.5. The molecule has 0 atom stereocenters. The van der Waals surface area contributed by atoms with E-state index < -0.39 is 0 Å². The molecule has 1 aromatic rings. The standard InChI is InChI=1S/C21H32N4O4/c1-4-22-19(26)16-29-18-9-7-17(8-10-18)21(28)25-13-11-23(12-14-25)15-20(27)24(5-2)6-3/h7-10H,4-6,11-16H2,1-3H3,(H,22,26). The molecule has 0 radical (unpaired) electrons. The molecule has 160 valence electrons. The van der Waals surface area contributed by atoms with Crippen molar-refractivity contribution in [2.45, 2.75) is 20.8 Å². The summed E-state index contributed by atoms with van der Waals surface area (Å²) in [6.07, 6.45) is 0. The van der Waals surface area contributed by atoms with Crippen LogP contribution < -0.4 is 10.1 Å². The highest BCUT2D eigenvalue weighted by molar-refractivity contribution is 5.94. The minimum absolute atomic E-state index is 0.0324. The Bertz CT molecular complexity index is 680. The lowest BCUT2D eigenvalue weighted by Gasteiger charge is -2.35. The molecule has 0 unspecified atom stereocenters. The van der Waals surface area contributed by atoms with Crippen molar-refractivity contribution in [3.63, 3.8) is 0 Å². The molecule has 1 saturated heterocycles. The monoisotopic (exact) mass is 404 g/mol. The van der Waals surface area contributed by atoms with Crippen LogP contribution in [0, 0.1) is 0 Å². The number of hydrogen-bond acceptors (Lipinski definition) is 5. The van der Waals surface area contributed by atoms with Crippen molar-refractivity contribution in [1.29, 1.82) is 0 Å². The fourth-order valence-electron chi connectivity index (χ4n) is 3.25. The molecule has 1 aromatic carbocycles. The van der Waals surface area contributed by atoms with E-state index in [0.717, 1.165) is 13.1 Å². The van der Waals surface area contributed by atoms with Gasteiger partial charge in [0.05, 0.1) is 6.54 Å². The number of likely N-dealkylation sites (N-methyl/N-ethyl adjacent to an activating group) is 2. The van der Waals surface area contributed by atoms with Gasteiger partial charge in [0.15, 0.2) is 6.61 Å². The van der Waals surface area contributed by atoms with E-state index in [1.807, 2.05) is 30.6 Å². The summed E-state index contributed by atoms with van der Waals surface area (Å²) in [6, 6.07) is 6.83. The molecule has 1 heterocycles. The van der Waals surface area contributed by atoms with Crippen LogP contribution in [0.1, 0.15) is 31.1 Å². The largest absolute Gasteiger partial charge is 0.484 e. The Hall–Kier alpha value is -2.61. The first-order chi connectivity index (χ1) is 14.0. The summed E-state index contributed by atoms with van der Waals surface area (Å²) >= 11 is 0. The van der Waals surface area contributed by atoms with Gasteiger partial charge >= 0.3 is 0 Å². The Morgan fingerprint density at radius 2 is 1.62 bits per heavy atom. The van der Waals surface area contributed by atoms with Gasteiger partial charge in [-0.2, -0.15) is 0 Å². The van der Waals surface area contributed by atoms with Crippen molar-refractivity contribution in [2.24, 2.45) is 0 Å². The summed E-state index contributed by atoms with van der Waals surface area (Å²) in [6.45, 7) is 10.7. The average Bonchev–Trinajstić information content (AvgIpc) is 2.74. The number of benzene rings is 1. The van der Waals surface area contributed by atoms with Crippen LogP contribution in [0.3, 0.4) is 0 Å². The first kappa shape index (κ1) is 22.7. The molecular formula is C21H32N4O4. The number of rotatable bonds is 9. The molecular weight excluding hydrogens is 372 g/mol. The Morgan fingerprint density at radius 3 is 2.17 bits per heavy atom. The van der Waals surface area contributed by atoms with Crippen LogP contribution in [0.2, 0.25) is 0 Å². The number of carbonyl (C=O) groups excluding carboxylic acids is 3. The number of hydrogen-bond donors (Lipinski definition) is 1.